The van der Waals surface area contributed by atoms with Crippen molar-refractivity contribution >= 4 is 27.1 Å². The molecule has 1 amide bonds. The van der Waals surface area contributed by atoms with Gasteiger partial charge in [-0.1, -0.05) is 18.2 Å². The fraction of sp³-hybridized carbons (Fsp3) is 0.458. The number of hydrogen-bond donors (Lipinski definition) is 3. The van der Waals surface area contributed by atoms with Crippen molar-refractivity contribution in [1.29, 1.82) is 5.41 Å². The van der Waals surface area contributed by atoms with Crippen LogP contribution in [-0.4, -0.2) is 55.2 Å². The standard InChI is InChI=1S/C24H30N4O4S/c1-15(2)27-19-11-17(22(29)28-23(3)13-33(30,31)14-23)12-26-21(19)20(25)16-6-5-7-18(10-16)24(32-4)8-9-24/h5-7,10-12,15,25,27H,8-9,13-14H2,1-4H3,(H,28,29). The number of nitrogens with one attached hydrogen (secondary N) is 3. The summed E-state index contributed by atoms with van der Waals surface area (Å²) in [7, 11) is -1.37. The molecule has 1 saturated heterocycles. The highest BCUT2D eigenvalue weighted by Gasteiger charge is 2.46. The Morgan fingerprint density at radius 1 is 1.18 bits per heavy atom. The Balaban J connectivity index is 1.61. The molecular formula is C24H30N4O4S. The Bertz CT molecular complexity index is 1210. The van der Waals surface area contributed by atoms with E-state index in [0.29, 0.717) is 16.9 Å². The number of aromatic nitrogens is 1. The van der Waals surface area contributed by atoms with Crippen molar-refractivity contribution in [2.75, 3.05) is 23.9 Å². The zero-order valence-corrected chi connectivity index (χ0v) is 20.2. The maximum absolute atomic E-state index is 12.8. The number of hydrogen-bond acceptors (Lipinski definition) is 7. The average Bonchev–Trinajstić information content (AvgIpc) is 3.52. The molecule has 0 atom stereocenters. The molecule has 0 bridgehead atoms. The van der Waals surface area contributed by atoms with Crippen LogP contribution in [0.1, 0.15) is 60.8 Å². The Hall–Kier alpha value is -2.78. The molecule has 2 aliphatic rings. The summed E-state index contributed by atoms with van der Waals surface area (Å²) in [5.74, 6) is -0.529. The van der Waals surface area contributed by atoms with Gasteiger partial charge in [0.05, 0.1) is 39.6 Å². The minimum Gasteiger partial charge on any atom is -0.381 e. The van der Waals surface area contributed by atoms with E-state index in [2.05, 4.69) is 15.6 Å². The molecule has 2 heterocycles. The highest BCUT2D eigenvalue weighted by atomic mass is 32.2. The monoisotopic (exact) mass is 470 g/mol. The van der Waals surface area contributed by atoms with Crippen molar-refractivity contribution in [2.24, 2.45) is 0 Å². The second kappa shape index (κ2) is 8.22. The second-order valence-corrected chi connectivity index (χ2v) is 11.7. The van der Waals surface area contributed by atoms with E-state index in [4.69, 9.17) is 10.1 Å². The molecule has 1 aliphatic carbocycles. The van der Waals surface area contributed by atoms with E-state index in [1.165, 1.54) is 6.20 Å². The third-order valence-electron chi connectivity index (χ3n) is 6.10. The summed E-state index contributed by atoms with van der Waals surface area (Å²) in [6, 6.07) is 9.51. The number of nitrogens with zero attached hydrogens (tertiary/aromatic N) is 1. The van der Waals surface area contributed by atoms with Crippen LogP contribution in [0, 0.1) is 5.41 Å². The normalized spacial score (nSPS) is 19.4. The minimum atomic E-state index is -3.08. The molecule has 0 radical (unpaired) electrons. The van der Waals surface area contributed by atoms with Crippen LogP contribution in [0.15, 0.2) is 36.5 Å². The first-order valence-electron chi connectivity index (χ1n) is 11.0. The Kier molecular flexibility index (Phi) is 5.82. The smallest absolute Gasteiger partial charge is 0.253 e. The summed E-state index contributed by atoms with van der Waals surface area (Å²) in [5, 5.41) is 14.9. The van der Waals surface area contributed by atoms with Gasteiger partial charge in [0, 0.05) is 24.9 Å². The first-order chi connectivity index (χ1) is 15.5. The zero-order chi connectivity index (χ0) is 24.0. The highest BCUT2D eigenvalue weighted by Crippen LogP contribution is 2.48. The van der Waals surface area contributed by atoms with E-state index in [-0.39, 0.29) is 34.8 Å². The van der Waals surface area contributed by atoms with Crippen molar-refractivity contribution in [3.8, 4) is 0 Å². The molecule has 0 spiro atoms. The molecule has 1 saturated carbocycles. The predicted molar refractivity (Wildman–Crippen MR) is 128 cm³/mol. The Morgan fingerprint density at radius 2 is 1.88 bits per heavy atom. The van der Waals surface area contributed by atoms with Crippen molar-refractivity contribution < 1.29 is 17.9 Å². The largest absolute Gasteiger partial charge is 0.381 e. The third kappa shape index (κ3) is 4.79. The van der Waals surface area contributed by atoms with Gasteiger partial charge < -0.3 is 15.4 Å². The summed E-state index contributed by atoms with van der Waals surface area (Å²) in [5.41, 5.74) is 2.32. The van der Waals surface area contributed by atoms with E-state index in [1.54, 1.807) is 20.1 Å². The number of anilines is 1. The van der Waals surface area contributed by atoms with Crippen molar-refractivity contribution in [3.05, 3.63) is 58.9 Å². The predicted octanol–water partition coefficient (Wildman–Crippen LogP) is 2.87. The molecule has 2 aromatic rings. The van der Waals surface area contributed by atoms with Gasteiger partial charge in [-0.15, -0.1) is 0 Å². The lowest BCUT2D eigenvalue weighted by atomic mass is 9.99. The van der Waals surface area contributed by atoms with E-state index < -0.39 is 15.4 Å². The second-order valence-electron chi connectivity index (χ2n) is 9.62. The van der Waals surface area contributed by atoms with Crippen LogP contribution in [-0.2, 0) is 20.2 Å². The van der Waals surface area contributed by atoms with Crippen molar-refractivity contribution in [1.82, 2.24) is 10.3 Å². The minimum absolute atomic E-state index is 0.0560. The fourth-order valence-electron chi connectivity index (χ4n) is 4.38. The molecule has 2 fully saturated rings. The van der Waals surface area contributed by atoms with Crippen LogP contribution >= 0.6 is 0 Å². The van der Waals surface area contributed by atoms with Gasteiger partial charge in [0.15, 0.2) is 9.84 Å². The molecule has 1 aliphatic heterocycles. The highest BCUT2D eigenvalue weighted by molar-refractivity contribution is 7.93. The summed E-state index contributed by atoms with van der Waals surface area (Å²) in [6.45, 7) is 5.66. The quantitative estimate of drug-likeness (QED) is 0.510. The Morgan fingerprint density at radius 3 is 2.45 bits per heavy atom. The lowest BCUT2D eigenvalue weighted by Gasteiger charge is -2.38. The number of pyridine rings is 1. The number of methoxy groups -OCH3 is 1. The first kappa shape index (κ1) is 23.4. The number of carbonyl (C=O) groups excluding carboxylic acids is 1. The summed E-state index contributed by atoms with van der Waals surface area (Å²) >= 11 is 0. The van der Waals surface area contributed by atoms with Gasteiger partial charge in [-0.25, -0.2) is 8.42 Å². The fourth-order valence-corrected chi connectivity index (χ4v) is 6.38. The van der Waals surface area contributed by atoms with E-state index in [1.807, 2.05) is 38.1 Å². The lowest BCUT2D eigenvalue weighted by Crippen LogP contribution is -2.63. The maximum Gasteiger partial charge on any atom is 0.253 e. The molecule has 8 nitrogen and oxygen atoms in total. The number of sulfone groups is 1. The topological polar surface area (TPSA) is 121 Å². The molecule has 3 N–H and O–H groups in total. The maximum atomic E-state index is 12.8. The summed E-state index contributed by atoms with van der Waals surface area (Å²) in [4.78, 5) is 17.3. The van der Waals surface area contributed by atoms with E-state index in [0.717, 1.165) is 24.0 Å². The number of amides is 1. The van der Waals surface area contributed by atoms with Gasteiger partial charge in [-0.05, 0) is 51.3 Å². The molecule has 1 aromatic carbocycles. The molecular weight excluding hydrogens is 440 g/mol. The van der Waals surface area contributed by atoms with Crippen LogP contribution in [0.3, 0.4) is 0 Å². The van der Waals surface area contributed by atoms with Crippen molar-refractivity contribution in [2.45, 2.75) is 50.8 Å². The zero-order valence-electron chi connectivity index (χ0n) is 19.4. The van der Waals surface area contributed by atoms with Crippen LogP contribution in [0.2, 0.25) is 0 Å². The van der Waals surface area contributed by atoms with E-state index >= 15 is 0 Å². The third-order valence-corrected chi connectivity index (χ3v) is 8.25. The molecule has 33 heavy (non-hydrogen) atoms. The molecule has 1 aromatic heterocycles. The lowest BCUT2D eigenvalue weighted by molar-refractivity contribution is 0.0789. The van der Waals surface area contributed by atoms with Gasteiger partial charge in [-0.2, -0.15) is 0 Å². The molecule has 176 valence electrons. The van der Waals surface area contributed by atoms with Gasteiger partial charge in [0.1, 0.15) is 5.69 Å². The van der Waals surface area contributed by atoms with Gasteiger partial charge in [0.2, 0.25) is 0 Å². The number of ether oxygens (including phenoxy) is 1. The summed E-state index contributed by atoms with van der Waals surface area (Å²) < 4.78 is 28.8. The average molecular weight is 471 g/mol. The van der Waals surface area contributed by atoms with Crippen LogP contribution < -0.4 is 10.6 Å². The number of benzene rings is 1. The van der Waals surface area contributed by atoms with Crippen LogP contribution in [0.25, 0.3) is 0 Å². The van der Waals surface area contributed by atoms with Gasteiger partial charge in [-0.3, -0.25) is 15.2 Å². The Labute approximate surface area is 194 Å². The number of rotatable bonds is 8. The van der Waals surface area contributed by atoms with Crippen LogP contribution in [0.4, 0.5) is 5.69 Å². The SMILES string of the molecule is COC1(c2cccc(C(=N)c3ncc(C(=O)NC4(C)CS(=O)(=O)C4)cc3NC(C)C)c2)CC1. The first-order valence-corrected chi connectivity index (χ1v) is 12.8. The van der Waals surface area contributed by atoms with Gasteiger partial charge in [0.25, 0.3) is 5.91 Å². The molecule has 0 unspecified atom stereocenters. The van der Waals surface area contributed by atoms with Crippen molar-refractivity contribution in [3.63, 3.8) is 0 Å². The summed E-state index contributed by atoms with van der Waals surface area (Å²) in [6.07, 6.45) is 3.36. The molecule has 4 rings (SSSR count). The van der Waals surface area contributed by atoms with E-state index in [9.17, 15) is 13.2 Å². The molecule has 9 heteroatoms. The van der Waals surface area contributed by atoms with Crippen LogP contribution in [0.5, 0.6) is 0 Å². The van der Waals surface area contributed by atoms with Gasteiger partial charge >= 0.3 is 0 Å². The number of carbonyl (C=O) groups is 1.